The molecule has 0 atom stereocenters. The molecule has 1 N–H and O–H groups in total. The second-order valence-electron chi connectivity index (χ2n) is 5.22. The van der Waals surface area contributed by atoms with Gasteiger partial charge in [0.25, 0.3) is 0 Å². The number of nitrogens with one attached hydrogen (secondary N) is 1. The molecular weight excluding hydrogens is 266 g/mol. The van der Waals surface area contributed by atoms with Crippen molar-refractivity contribution in [3.8, 4) is 0 Å². The predicted molar refractivity (Wildman–Crippen MR) is 85.0 cm³/mol. The minimum absolute atomic E-state index is 0.225. The molecule has 1 aliphatic rings. The van der Waals surface area contributed by atoms with Gasteiger partial charge in [-0.2, -0.15) is 0 Å². The summed E-state index contributed by atoms with van der Waals surface area (Å²) in [4.78, 5) is 14.9. The number of aryl methyl sites for hydroxylation is 2. The van der Waals surface area contributed by atoms with E-state index in [-0.39, 0.29) is 5.78 Å². The van der Waals surface area contributed by atoms with Gasteiger partial charge in [-0.3, -0.25) is 4.79 Å². The zero-order valence-electron chi connectivity index (χ0n) is 11.7. The monoisotopic (exact) mass is 285 g/mol. The van der Waals surface area contributed by atoms with Gasteiger partial charge >= 0.3 is 0 Å². The Bertz CT molecular complexity index is 630. The number of fused-ring (bicyclic) bond motifs is 1. The molecule has 2 aromatic rings. The van der Waals surface area contributed by atoms with Crippen LogP contribution in [0.25, 0.3) is 0 Å². The summed E-state index contributed by atoms with van der Waals surface area (Å²) < 4.78 is 0. The van der Waals surface area contributed by atoms with Crippen molar-refractivity contribution in [3.05, 3.63) is 51.2 Å². The highest BCUT2D eigenvalue weighted by Crippen LogP contribution is 2.24. The Morgan fingerprint density at radius 3 is 2.90 bits per heavy atom. The number of anilines is 1. The highest BCUT2D eigenvalue weighted by atomic mass is 32.1. The Morgan fingerprint density at radius 2 is 2.10 bits per heavy atom. The number of hydrogen-bond acceptors (Lipinski definition) is 3. The van der Waals surface area contributed by atoms with E-state index in [1.807, 2.05) is 12.1 Å². The van der Waals surface area contributed by atoms with Crippen LogP contribution in [-0.4, -0.2) is 12.3 Å². The zero-order valence-corrected chi connectivity index (χ0v) is 12.6. The zero-order chi connectivity index (χ0) is 13.9. The minimum atomic E-state index is 0.225. The molecular formula is C17H19NOS. The smallest absolute Gasteiger partial charge is 0.168 e. The van der Waals surface area contributed by atoms with Gasteiger partial charge in [-0.05, 0) is 55.2 Å². The molecule has 0 radical (unpaired) electrons. The van der Waals surface area contributed by atoms with Crippen LogP contribution in [-0.2, 0) is 19.3 Å². The number of carbonyl (C=O) groups is 1. The summed E-state index contributed by atoms with van der Waals surface area (Å²) >= 11 is 1.75. The molecule has 20 heavy (non-hydrogen) atoms. The maximum atomic E-state index is 12.4. The first-order valence-electron chi connectivity index (χ1n) is 7.24. The minimum Gasteiger partial charge on any atom is -0.385 e. The third-order valence-electron chi connectivity index (χ3n) is 3.77. The molecule has 3 heteroatoms. The molecule has 1 aromatic carbocycles. The largest absolute Gasteiger partial charge is 0.385 e. The van der Waals surface area contributed by atoms with Crippen molar-refractivity contribution in [2.75, 3.05) is 11.9 Å². The van der Waals surface area contributed by atoms with Gasteiger partial charge in [0.15, 0.2) is 5.78 Å². The summed E-state index contributed by atoms with van der Waals surface area (Å²) in [5, 5.41) is 3.38. The Labute approximate surface area is 123 Å². The summed E-state index contributed by atoms with van der Waals surface area (Å²) in [6.07, 6.45) is 3.79. The van der Waals surface area contributed by atoms with Crippen LogP contribution in [0.3, 0.4) is 0 Å². The van der Waals surface area contributed by atoms with E-state index in [2.05, 4.69) is 30.4 Å². The first-order chi connectivity index (χ1) is 9.76. The number of benzene rings is 1. The molecule has 0 unspecified atom stereocenters. The number of rotatable bonds is 4. The van der Waals surface area contributed by atoms with Crippen molar-refractivity contribution >= 4 is 22.8 Å². The standard InChI is InChI=1S/C17H19NOS/c1-2-14-6-7-15(20-14)11-17(19)13-5-8-16-12(10-13)4-3-9-18-16/h5-8,10,18H,2-4,9,11H2,1H3. The van der Waals surface area contributed by atoms with Crippen LogP contribution in [0.15, 0.2) is 30.3 Å². The number of Topliss-reactive ketones (excluding diaryl/α,β-unsaturated/α-hetero) is 1. The molecule has 2 nitrogen and oxygen atoms in total. The van der Waals surface area contributed by atoms with Crippen molar-refractivity contribution in [1.29, 1.82) is 0 Å². The predicted octanol–water partition coefficient (Wildman–Crippen LogP) is 4.09. The molecule has 0 bridgehead atoms. The summed E-state index contributed by atoms with van der Waals surface area (Å²) in [6, 6.07) is 10.3. The van der Waals surface area contributed by atoms with Crippen molar-refractivity contribution < 1.29 is 4.79 Å². The van der Waals surface area contributed by atoms with E-state index in [0.717, 1.165) is 31.4 Å². The van der Waals surface area contributed by atoms with Gasteiger partial charge in [0.1, 0.15) is 0 Å². The number of thiophene rings is 1. The van der Waals surface area contributed by atoms with Gasteiger partial charge in [0.2, 0.25) is 0 Å². The van der Waals surface area contributed by atoms with Gasteiger partial charge in [-0.1, -0.05) is 6.92 Å². The molecule has 0 spiro atoms. The summed E-state index contributed by atoms with van der Waals surface area (Å²) in [7, 11) is 0. The van der Waals surface area contributed by atoms with Crippen LogP contribution in [0.4, 0.5) is 5.69 Å². The maximum absolute atomic E-state index is 12.4. The average molecular weight is 285 g/mol. The van der Waals surface area contributed by atoms with E-state index in [1.54, 1.807) is 11.3 Å². The third-order valence-corrected chi connectivity index (χ3v) is 5.00. The van der Waals surface area contributed by atoms with Crippen LogP contribution in [0.2, 0.25) is 0 Å². The van der Waals surface area contributed by atoms with Gasteiger partial charge < -0.3 is 5.32 Å². The van der Waals surface area contributed by atoms with Crippen molar-refractivity contribution in [2.24, 2.45) is 0 Å². The summed E-state index contributed by atoms with van der Waals surface area (Å²) in [5.41, 5.74) is 3.32. The van der Waals surface area contributed by atoms with E-state index >= 15 is 0 Å². The molecule has 0 amide bonds. The van der Waals surface area contributed by atoms with Gasteiger partial charge in [-0.15, -0.1) is 11.3 Å². The molecule has 104 valence electrons. The van der Waals surface area contributed by atoms with Crippen LogP contribution in [0.5, 0.6) is 0 Å². The lowest BCUT2D eigenvalue weighted by molar-refractivity contribution is 0.0993. The fourth-order valence-electron chi connectivity index (χ4n) is 2.62. The van der Waals surface area contributed by atoms with Gasteiger partial charge in [-0.25, -0.2) is 0 Å². The fourth-order valence-corrected chi connectivity index (χ4v) is 3.57. The highest BCUT2D eigenvalue weighted by molar-refractivity contribution is 7.12. The Kier molecular flexibility index (Phi) is 3.88. The second kappa shape index (κ2) is 5.80. The normalized spacial score (nSPS) is 13.7. The van der Waals surface area contributed by atoms with Gasteiger partial charge in [0, 0.05) is 34.0 Å². The van der Waals surface area contributed by atoms with Crippen molar-refractivity contribution in [3.63, 3.8) is 0 Å². The van der Waals surface area contributed by atoms with E-state index in [0.29, 0.717) is 6.42 Å². The number of carbonyl (C=O) groups excluding carboxylic acids is 1. The molecule has 0 fully saturated rings. The number of ketones is 1. The Hall–Kier alpha value is -1.61. The number of hydrogen-bond donors (Lipinski definition) is 1. The van der Waals surface area contributed by atoms with E-state index in [9.17, 15) is 4.79 Å². The lowest BCUT2D eigenvalue weighted by Crippen LogP contribution is -2.13. The Morgan fingerprint density at radius 1 is 1.25 bits per heavy atom. The van der Waals surface area contributed by atoms with E-state index < -0.39 is 0 Å². The van der Waals surface area contributed by atoms with Crippen molar-refractivity contribution in [2.45, 2.75) is 32.6 Å². The maximum Gasteiger partial charge on any atom is 0.168 e. The van der Waals surface area contributed by atoms with Crippen molar-refractivity contribution in [1.82, 2.24) is 0 Å². The second-order valence-corrected chi connectivity index (χ2v) is 6.48. The first kappa shape index (κ1) is 13.4. The summed E-state index contributed by atoms with van der Waals surface area (Å²) in [5.74, 6) is 0.225. The van der Waals surface area contributed by atoms with Gasteiger partial charge in [0.05, 0.1) is 0 Å². The lowest BCUT2D eigenvalue weighted by Gasteiger charge is -2.18. The van der Waals surface area contributed by atoms with Crippen LogP contribution in [0, 0.1) is 0 Å². The third kappa shape index (κ3) is 2.78. The molecule has 1 aliphatic heterocycles. The quantitative estimate of drug-likeness (QED) is 0.857. The SMILES string of the molecule is CCc1ccc(CC(=O)c2ccc3c(c2)CCCN3)s1. The molecule has 0 saturated carbocycles. The van der Waals surface area contributed by atoms with Crippen LogP contribution < -0.4 is 5.32 Å². The Balaban J connectivity index is 1.76. The molecule has 1 aromatic heterocycles. The topological polar surface area (TPSA) is 29.1 Å². The molecule has 0 aliphatic carbocycles. The fraction of sp³-hybridized carbons (Fsp3) is 0.353. The van der Waals surface area contributed by atoms with Crippen LogP contribution in [0.1, 0.15) is 39.0 Å². The average Bonchev–Trinajstić information content (AvgIpc) is 2.94. The molecule has 0 saturated heterocycles. The van der Waals surface area contributed by atoms with E-state index in [4.69, 9.17) is 0 Å². The molecule has 3 rings (SSSR count). The van der Waals surface area contributed by atoms with Crippen LogP contribution >= 0.6 is 11.3 Å². The highest BCUT2D eigenvalue weighted by Gasteiger charge is 2.13. The lowest BCUT2D eigenvalue weighted by atomic mass is 9.98. The molecule has 2 heterocycles. The summed E-state index contributed by atoms with van der Waals surface area (Å²) in [6.45, 7) is 3.18. The first-order valence-corrected chi connectivity index (χ1v) is 8.05. The van der Waals surface area contributed by atoms with E-state index in [1.165, 1.54) is 21.0 Å².